The number of ether oxygens (including phenoxy) is 1. The predicted molar refractivity (Wildman–Crippen MR) is 103 cm³/mol. The standard InChI is InChI=1S/C19H17ClN2O3S/c1-3-12-7-8-15-16(9-12)26-19(22(15)11-17(23)25-2)21-18(24)13-5-4-6-14(20)10-13/h4-10H,3,11H2,1-2H3. The number of rotatable bonds is 4. The SMILES string of the molecule is CCc1ccc2c(c1)sc(=NC(=O)c1cccc(Cl)c1)n2CC(=O)OC. The molecule has 0 saturated carbocycles. The van der Waals surface area contributed by atoms with Crippen molar-refractivity contribution in [3.63, 3.8) is 0 Å². The van der Waals surface area contributed by atoms with Gasteiger partial charge in [0.05, 0.1) is 17.3 Å². The van der Waals surface area contributed by atoms with Gasteiger partial charge in [-0.1, -0.05) is 42.0 Å². The van der Waals surface area contributed by atoms with E-state index < -0.39 is 11.9 Å². The number of carbonyl (C=O) groups is 2. The molecule has 3 rings (SSSR count). The van der Waals surface area contributed by atoms with Crippen LogP contribution in [0.2, 0.25) is 5.02 Å². The molecule has 0 radical (unpaired) electrons. The highest BCUT2D eigenvalue weighted by Crippen LogP contribution is 2.20. The minimum absolute atomic E-state index is 0.0103. The van der Waals surface area contributed by atoms with E-state index in [-0.39, 0.29) is 6.54 Å². The number of esters is 1. The van der Waals surface area contributed by atoms with Gasteiger partial charge in [-0.3, -0.25) is 9.59 Å². The van der Waals surface area contributed by atoms with Crippen LogP contribution in [0.4, 0.5) is 0 Å². The number of hydrogen-bond donors (Lipinski definition) is 0. The highest BCUT2D eigenvalue weighted by Gasteiger charge is 2.13. The van der Waals surface area contributed by atoms with Gasteiger partial charge >= 0.3 is 5.97 Å². The van der Waals surface area contributed by atoms with E-state index in [4.69, 9.17) is 16.3 Å². The fourth-order valence-electron chi connectivity index (χ4n) is 2.54. The van der Waals surface area contributed by atoms with E-state index in [1.165, 1.54) is 24.0 Å². The number of nitrogens with zero attached hydrogens (tertiary/aromatic N) is 2. The number of aryl methyl sites for hydroxylation is 1. The van der Waals surface area contributed by atoms with Crippen molar-refractivity contribution in [3.05, 3.63) is 63.4 Å². The van der Waals surface area contributed by atoms with Gasteiger partial charge in [0.25, 0.3) is 5.91 Å². The number of hydrogen-bond acceptors (Lipinski definition) is 4. The summed E-state index contributed by atoms with van der Waals surface area (Å²) in [6.07, 6.45) is 0.902. The van der Waals surface area contributed by atoms with E-state index in [0.717, 1.165) is 16.6 Å². The molecule has 2 aromatic carbocycles. The lowest BCUT2D eigenvalue weighted by atomic mass is 10.2. The summed E-state index contributed by atoms with van der Waals surface area (Å²) in [6.45, 7) is 2.06. The minimum Gasteiger partial charge on any atom is -0.468 e. The van der Waals surface area contributed by atoms with Gasteiger partial charge in [0.1, 0.15) is 6.54 Å². The molecule has 0 unspecified atom stereocenters. The number of benzene rings is 2. The first kappa shape index (κ1) is 18.4. The van der Waals surface area contributed by atoms with E-state index in [1.54, 1.807) is 28.8 Å². The van der Waals surface area contributed by atoms with E-state index in [9.17, 15) is 9.59 Å². The molecule has 0 atom stereocenters. The van der Waals surface area contributed by atoms with Gasteiger partial charge in [-0.25, -0.2) is 0 Å². The molecule has 134 valence electrons. The normalized spacial score (nSPS) is 11.7. The van der Waals surface area contributed by atoms with Crippen molar-refractivity contribution in [3.8, 4) is 0 Å². The second kappa shape index (κ2) is 7.85. The molecule has 0 N–H and O–H groups in total. The Kier molecular flexibility index (Phi) is 5.54. The number of carbonyl (C=O) groups excluding carboxylic acids is 2. The van der Waals surface area contributed by atoms with Crippen LogP contribution in [0.3, 0.4) is 0 Å². The van der Waals surface area contributed by atoms with Crippen LogP contribution >= 0.6 is 22.9 Å². The summed E-state index contributed by atoms with van der Waals surface area (Å²) in [5, 5.41) is 0.470. The maximum Gasteiger partial charge on any atom is 0.325 e. The maximum absolute atomic E-state index is 12.5. The van der Waals surface area contributed by atoms with Crippen molar-refractivity contribution in [2.24, 2.45) is 4.99 Å². The number of methoxy groups -OCH3 is 1. The molecule has 5 nitrogen and oxygen atoms in total. The first-order chi connectivity index (χ1) is 12.5. The Balaban J connectivity index is 2.14. The van der Waals surface area contributed by atoms with Gasteiger partial charge in [0.2, 0.25) is 0 Å². The molecule has 0 aliphatic carbocycles. The molecule has 3 aromatic rings. The number of aromatic nitrogens is 1. The molecule has 0 saturated heterocycles. The predicted octanol–water partition coefficient (Wildman–Crippen LogP) is 3.83. The number of amides is 1. The Bertz CT molecular complexity index is 1050. The molecule has 26 heavy (non-hydrogen) atoms. The smallest absolute Gasteiger partial charge is 0.325 e. The zero-order valence-corrected chi connectivity index (χ0v) is 15.9. The fourth-order valence-corrected chi connectivity index (χ4v) is 3.82. The van der Waals surface area contributed by atoms with Crippen LogP contribution in [0.5, 0.6) is 0 Å². The third kappa shape index (κ3) is 3.86. The van der Waals surface area contributed by atoms with Crippen molar-refractivity contribution in [2.45, 2.75) is 19.9 Å². The minimum atomic E-state index is -0.409. The largest absolute Gasteiger partial charge is 0.468 e. The van der Waals surface area contributed by atoms with Gasteiger partial charge in [-0.15, -0.1) is 0 Å². The summed E-state index contributed by atoms with van der Waals surface area (Å²) >= 11 is 7.32. The van der Waals surface area contributed by atoms with Gasteiger partial charge < -0.3 is 9.30 Å². The highest BCUT2D eigenvalue weighted by molar-refractivity contribution is 7.16. The van der Waals surface area contributed by atoms with Crippen molar-refractivity contribution < 1.29 is 14.3 Å². The molecule has 0 fully saturated rings. The summed E-state index contributed by atoms with van der Waals surface area (Å²) in [5.41, 5.74) is 2.42. The lowest BCUT2D eigenvalue weighted by Crippen LogP contribution is -2.22. The van der Waals surface area contributed by atoms with Crippen LogP contribution < -0.4 is 4.80 Å². The molecule has 0 bridgehead atoms. The van der Waals surface area contributed by atoms with Crippen LogP contribution in [-0.4, -0.2) is 23.6 Å². The summed E-state index contributed by atoms with van der Waals surface area (Å²) in [6, 6.07) is 12.6. The molecule has 0 aliphatic heterocycles. The summed E-state index contributed by atoms with van der Waals surface area (Å²) in [5.74, 6) is -0.811. The Hall–Kier alpha value is -2.44. The van der Waals surface area contributed by atoms with Gasteiger partial charge in [0, 0.05) is 10.6 Å². The molecular formula is C19H17ClN2O3S. The zero-order chi connectivity index (χ0) is 18.7. The van der Waals surface area contributed by atoms with E-state index in [2.05, 4.69) is 18.0 Å². The maximum atomic E-state index is 12.5. The lowest BCUT2D eigenvalue weighted by Gasteiger charge is -2.04. The monoisotopic (exact) mass is 388 g/mol. The van der Waals surface area contributed by atoms with Gasteiger partial charge in [-0.2, -0.15) is 4.99 Å². The molecule has 0 aliphatic rings. The summed E-state index contributed by atoms with van der Waals surface area (Å²) in [7, 11) is 1.33. The Labute approximate surface area is 159 Å². The quantitative estimate of drug-likeness (QED) is 0.638. The number of thiazole rings is 1. The highest BCUT2D eigenvalue weighted by atomic mass is 35.5. The first-order valence-corrected chi connectivity index (χ1v) is 9.25. The number of halogens is 1. The molecule has 1 amide bonds. The molecule has 1 heterocycles. The molecule has 0 spiro atoms. The zero-order valence-electron chi connectivity index (χ0n) is 14.4. The molecule has 1 aromatic heterocycles. The van der Waals surface area contributed by atoms with Crippen LogP contribution in [0.15, 0.2) is 47.5 Å². The van der Waals surface area contributed by atoms with Crippen LogP contribution in [-0.2, 0) is 22.5 Å². The van der Waals surface area contributed by atoms with Crippen LogP contribution in [0, 0.1) is 0 Å². The third-order valence-corrected chi connectivity index (χ3v) is 5.22. The van der Waals surface area contributed by atoms with E-state index in [1.807, 2.05) is 12.1 Å². The summed E-state index contributed by atoms with van der Waals surface area (Å²) < 4.78 is 7.44. The van der Waals surface area contributed by atoms with Crippen molar-refractivity contribution in [1.29, 1.82) is 0 Å². The second-order valence-electron chi connectivity index (χ2n) is 5.63. The summed E-state index contributed by atoms with van der Waals surface area (Å²) in [4.78, 5) is 29.0. The van der Waals surface area contributed by atoms with Crippen molar-refractivity contribution in [2.75, 3.05) is 7.11 Å². The van der Waals surface area contributed by atoms with E-state index in [0.29, 0.717) is 15.4 Å². The Morgan fingerprint density at radius 2 is 2.04 bits per heavy atom. The van der Waals surface area contributed by atoms with Gasteiger partial charge in [0.15, 0.2) is 4.80 Å². The average molecular weight is 389 g/mol. The Morgan fingerprint density at radius 1 is 1.23 bits per heavy atom. The van der Waals surface area contributed by atoms with Crippen molar-refractivity contribution >= 4 is 45.0 Å². The Morgan fingerprint density at radius 3 is 2.73 bits per heavy atom. The third-order valence-electron chi connectivity index (χ3n) is 3.94. The number of fused-ring (bicyclic) bond motifs is 1. The van der Waals surface area contributed by atoms with Crippen LogP contribution in [0.1, 0.15) is 22.8 Å². The average Bonchev–Trinajstić information content (AvgIpc) is 2.97. The topological polar surface area (TPSA) is 60.7 Å². The van der Waals surface area contributed by atoms with Crippen LogP contribution in [0.25, 0.3) is 10.2 Å². The van der Waals surface area contributed by atoms with Crippen molar-refractivity contribution in [1.82, 2.24) is 4.57 Å². The first-order valence-electron chi connectivity index (χ1n) is 8.05. The van der Waals surface area contributed by atoms with Gasteiger partial charge in [-0.05, 0) is 42.3 Å². The van der Waals surface area contributed by atoms with E-state index >= 15 is 0 Å². The fraction of sp³-hybridized carbons (Fsp3) is 0.211. The molecule has 7 heteroatoms. The second-order valence-corrected chi connectivity index (χ2v) is 7.08. The lowest BCUT2D eigenvalue weighted by molar-refractivity contribution is -0.141. The molecular weight excluding hydrogens is 372 g/mol.